The molecule has 0 atom stereocenters. The molecular formula is C4H4N2OS. The van der Waals surface area contributed by atoms with Gasteiger partial charge in [0.05, 0.1) is 6.54 Å². The Hall–Kier alpha value is -0.770. The maximum Gasteiger partial charge on any atom is 0.193 e. The summed E-state index contributed by atoms with van der Waals surface area (Å²) in [4.78, 5) is 13.6. The fourth-order valence-corrected chi connectivity index (χ4v) is 0.633. The van der Waals surface area contributed by atoms with Crippen LogP contribution < -0.4 is 5.32 Å². The van der Waals surface area contributed by atoms with Crippen molar-refractivity contribution in [2.24, 2.45) is 4.99 Å². The number of carbonyl (C=O) groups excluding carboxylic acids is 1. The SMILES string of the molecule is O=CC1=NC(=S)NC1. The molecular weight excluding hydrogens is 124 g/mol. The molecule has 3 nitrogen and oxygen atoms in total. The van der Waals surface area contributed by atoms with E-state index in [2.05, 4.69) is 22.5 Å². The molecule has 1 aliphatic heterocycles. The van der Waals surface area contributed by atoms with Crippen molar-refractivity contribution in [1.29, 1.82) is 0 Å². The van der Waals surface area contributed by atoms with Gasteiger partial charge in [-0.3, -0.25) is 4.79 Å². The summed E-state index contributed by atoms with van der Waals surface area (Å²) in [6.45, 7) is 0.488. The van der Waals surface area contributed by atoms with Crippen LogP contribution in [0, 0.1) is 0 Å². The number of nitrogens with one attached hydrogen (secondary N) is 1. The van der Waals surface area contributed by atoms with E-state index in [4.69, 9.17) is 0 Å². The molecule has 1 aliphatic rings. The largest absolute Gasteiger partial charge is 0.355 e. The highest BCUT2D eigenvalue weighted by Gasteiger charge is 2.06. The second kappa shape index (κ2) is 2.00. The zero-order valence-corrected chi connectivity index (χ0v) is 4.86. The third kappa shape index (κ3) is 0.894. The Morgan fingerprint density at radius 2 is 2.62 bits per heavy atom. The average molecular weight is 128 g/mol. The second-order valence-electron chi connectivity index (χ2n) is 1.38. The fourth-order valence-electron chi connectivity index (χ4n) is 0.444. The summed E-state index contributed by atoms with van der Waals surface area (Å²) < 4.78 is 0. The molecule has 1 N–H and O–H groups in total. The first kappa shape index (κ1) is 5.37. The molecule has 8 heavy (non-hydrogen) atoms. The highest BCUT2D eigenvalue weighted by Crippen LogP contribution is 1.85. The summed E-state index contributed by atoms with van der Waals surface area (Å²) in [7, 11) is 0. The molecule has 0 bridgehead atoms. The first-order valence-corrected chi connectivity index (χ1v) is 2.54. The number of hydrogen-bond donors (Lipinski definition) is 1. The maximum atomic E-state index is 9.92. The van der Waals surface area contributed by atoms with Gasteiger partial charge >= 0.3 is 0 Å². The Kier molecular flexibility index (Phi) is 1.34. The molecule has 0 amide bonds. The number of rotatable bonds is 1. The Labute approximate surface area is 51.8 Å². The standard InChI is InChI=1S/C4H4N2OS/c7-2-3-1-5-4(8)6-3/h2H,1H2,(H,5,8). The van der Waals surface area contributed by atoms with Gasteiger partial charge in [0.15, 0.2) is 11.4 Å². The minimum absolute atomic E-state index is 0.409. The van der Waals surface area contributed by atoms with Gasteiger partial charge < -0.3 is 5.32 Å². The summed E-state index contributed by atoms with van der Waals surface area (Å²) in [5.74, 6) is 0. The lowest BCUT2D eigenvalue weighted by Crippen LogP contribution is -2.16. The molecule has 0 unspecified atom stereocenters. The molecule has 42 valence electrons. The summed E-state index contributed by atoms with van der Waals surface area (Å²) in [5.41, 5.74) is 0.481. The van der Waals surface area contributed by atoms with Crippen LogP contribution in [0.4, 0.5) is 0 Å². The minimum atomic E-state index is 0.409. The van der Waals surface area contributed by atoms with Crippen molar-refractivity contribution < 1.29 is 4.79 Å². The van der Waals surface area contributed by atoms with Gasteiger partial charge in [0, 0.05) is 0 Å². The molecule has 1 rings (SSSR count). The smallest absolute Gasteiger partial charge is 0.193 e. The van der Waals surface area contributed by atoms with Crippen LogP contribution in [0.15, 0.2) is 4.99 Å². The van der Waals surface area contributed by atoms with Gasteiger partial charge in [0.2, 0.25) is 0 Å². The van der Waals surface area contributed by atoms with Crippen molar-refractivity contribution in [3.8, 4) is 0 Å². The van der Waals surface area contributed by atoms with E-state index >= 15 is 0 Å². The van der Waals surface area contributed by atoms with E-state index in [-0.39, 0.29) is 0 Å². The first-order valence-electron chi connectivity index (χ1n) is 2.13. The molecule has 4 heteroatoms. The highest BCUT2D eigenvalue weighted by molar-refractivity contribution is 7.80. The topological polar surface area (TPSA) is 41.5 Å². The predicted molar refractivity (Wildman–Crippen MR) is 34.1 cm³/mol. The van der Waals surface area contributed by atoms with Crippen molar-refractivity contribution in [2.75, 3.05) is 6.54 Å². The zero-order valence-electron chi connectivity index (χ0n) is 4.05. The maximum absolute atomic E-state index is 9.92. The molecule has 1 heterocycles. The monoisotopic (exact) mass is 128 g/mol. The van der Waals surface area contributed by atoms with Crippen LogP contribution in [0.2, 0.25) is 0 Å². The first-order chi connectivity index (χ1) is 3.83. The Balaban J connectivity index is 2.70. The molecule has 0 fully saturated rings. The van der Waals surface area contributed by atoms with Crippen molar-refractivity contribution in [3.63, 3.8) is 0 Å². The molecule has 0 saturated heterocycles. The van der Waals surface area contributed by atoms with Crippen LogP contribution in [0.1, 0.15) is 0 Å². The van der Waals surface area contributed by atoms with E-state index in [1.807, 2.05) is 0 Å². The van der Waals surface area contributed by atoms with Crippen LogP contribution in [-0.2, 0) is 4.79 Å². The van der Waals surface area contributed by atoms with Crippen molar-refractivity contribution in [2.45, 2.75) is 0 Å². The summed E-state index contributed by atoms with van der Waals surface area (Å²) in [6, 6.07) is 0. The van der Waals surface area contributed by atoms with Crippen molar-refractivity contribution >= 4 is 29.3 Å². The lowest BCUT2D eigenvalue weighted by atomic mass is 10.4. The van der Waals surface area contributed by atoms with Gasteiger partial charge in [-0.1, -0.05) is 0 Å². The lowest BCUT2D eigenvalue weighted by molar-refractivity contribution is -0.102. The van der Waals surface area contributed by atoms with E-state index < -0.39 is 0 Å². The van der Waals surface area contributed by atoms with Crippen LogP contribution >= 0.6 is 12.2 Å². The van der Waals surface area contributed by atoms with Gasteiger partial charge in [-0.15, -0.1) is 0 Å². The molecule has 0 radical (unpaired) electrons. The van der Waals surface area contributed by atoms with Crippen LogP contribution in [0.5, 0.6) is 0 Å². The average Bonchev–Trinajstić information content (AvgIpc) is 2.14. The number of aliphatic imine (C=N–C) groups is 1. The number of thiocarbonyl (C=S) groups is 1. The number of carbonyl (C=O) groups is 1. The third-order valence-electron chi connectivity index (χ3n) is 0.802. The molecule has 0 aliphatic carbocycles. The lowest BCUT2D eigenvalue weighted by Gasteiger charge is -1.83. The van der Waals surface area contributed by atoms with Crippen molar-refractivity contribution in [1.82, 2.24) is 5.32 Å². The van der Waals surface area contributed by atoms with Crippen LogP contribution in [0.3, 0.4) is 0 Å². The third-order valence-corrected chi connectivity index (χ3v) is 1.04. The highest BCUT2D eigenvalue weighted by atomic mass is 32.1. The predicted octanol–water partition coefficient (Wildman–Crippen LogP) is -0.486. The van der Waals surface area contributed by atoms with Gasteiger partial charge in [-0.25, -0.2) is 4.99 Å². The second-order valence-corrected chi connectivity index (χ2v) is 1.77. The van der Waals surface area contributed by atoms with E-state index in [1.54, 1.807) is 0 Å². The van der Waals surface area contributed by atoms with Gasteiger partial charge in [-0.05, 0) is 12.2 Å². The number of nitrogens with zero attached hydrogens (tertiary/aromatic N) is 1. The minimum Gasteiger partial charge on any atom is -0.355 e. The van der Waals surface area contributed by atoms with E-state index in [0.29, 0.717) is 23.7 Å². The van der Waals surface area contributed by atoms with Crippen molar-refractivity contribution in [3.05, 3.63) is 0 Å². The molecule has 0 saturated carbocycles. The summed E-state index contributed by atoms with van der Waals surface area (Å²) in [5, 5.41) is 3.13. The van der Waals surface area contributed by atoms with Gasteiger partial charge in [0.25, 0.3) is 0 Å². The van der Waals surface area contributed by atoms with E-state index in [9.17, 15) is 4.79 Å². The summed E-state index contributed by atoms with van der Waals surface area (Å²) >= 11 is 4.60. The fraction of sp³-hybridized carbons (Fsp3) is 0.250. The van der Waals surface area contributed by atoms with E-state index in [1.165, 1.54) is 0 Å². The Morgan fingerprint density at radius 3 is 2.88 bits per heavy atom. The molecule has 0 aromatic carbocycles. The zero-order chi connectivity index (χ0) is 5.98. The summed E-state index contributed by atoms with van der Waals surface area (Å²) in [6.07, 6.45) is 0.701. The Morgan fingerprint density at radius 1 is 1.88 bits per heavy atom. The van der Waals surface area contributed by atoms with Crippen LogP contribution in [-0.4, -0.2) is 23.7 Å². The number of hydrogen-bond acceptors (Lipinski definition) is 2. The molecule has 0 aromatic rings. The Bertz CT molecular complexity index is 163. The molecule has 0 aromatic heterocycles. The van der Waals surface area contributed by atoms with Crippen LogP contribution in [0.25, 0.3) is 0 Å². The van der Waals surface area contributed by atoms with E-state index in [0.717, 1.165) is 0 Å². The van der Waals surface area contributed by atoms with Gasteiger partial charge in [-0.2, -0.15) is 0 Å². The quantitative estimate of drug-likeness (QED) is 0.383. The molecule has 0 spiro atoms. The normalized spacial score (nSPS) is 17.5. The number of aldehydes is 1. The van der Waals surface area contributed by atoms with Gasteiger partial charge in [0.1, 0.15) is 5.71 Å².